The van der Waals surface area contributed by atoms with Crippen LogP contribution in [0.1, 0.15) is 51.1 Å². The summed E-state index contributed by atoms with van der Waals surface area (Å²) >= 11 is 0. The van der Waals surface area contributed by atoms with E-state index in [1.54, 1.807) is 0 Å². The van der Waals surface area contributed by atoms with Crippen molar-refractivity contribution in [2.75, 3.05) is 0 Å². The van der Waals surface area contributed by atoms with Crippen molar-refractivity contribution in [1.82, 2.24) is 4.57 Å². The van der Waals surface area contributed by atoms with Gasteiger partial charge >= 0.3 is 0 Å². The standard InChI is InChI=1S/C20H26N2/c1-3-5-6-10-18(21)15-12-13-20-17(14-15)16-9-7-8-11-19(16)22(20)4-2/h7-9,11-14,18H,3-6,10,21H2,1-2H3/t18-/m0/s1. The van der Waals surface area contributed by atoms with Gasteiger partial charge in [-0.1, -0.05) is 50.5 Å². The fourth-order valence-corrected chi connectivity index (χ4v) is 3.42. The van der Waals surface area contributed by atoms with Gasteiger partial charge in [0.25, 0.3) is 0 Å². The highest BCUT2D eigenvalue weighted by atomic mass is 15.0. The Bertz CT molecular complexity index is 770. The molecule has 0 fully saturated rings. The lowest BCUT2D eigenvalue weighted by molar-refractivity contribution is 0.581. The van der Waals surface area contributed by atoms with Crippen molar-refractivity contribution in [2.45, 2.75) is 52.1 Å². The summed E-state index contributed by atoms with van der Waals surface area (Å²) in [5.41, 5.74) is 10.3. The summed E-state index contributed by atoms with van der Waals surface area (Å²) in [6.07, 6.45) is 4.80. The first-order valence-corrected chi connectivity index (χ1v) is 8.52. The lowest BCUT2D eigenvalue weighted by Gasteiger charge is -2.12. The first kappa shape index (κ1) is 15.1. The van der Waals surface area contributed by atoms with Gasteiger partial charge < -0.3 is 10.3 Å². The molecule has 0 bridgehead atoms. The molecule has 1 heterocycles. The molecule has 1 aromatic heterocycles. The van der Waals surface area contributed by atoms with Gasteiger partial charge in [0.1, 0.15) is 0 Å². The number of hydrogen-bond acceptors (Lipinski definition) is 1. The molecule has 2 N–H and O–H groups in total. The van der Waals surface area contributed by atoms with Crippen LogP contribution in [-0.4, -0.2) is 4.57 Å². The predicted molar refractivity (Wildman–Crippen MR) is 96.2 cm³/mol. The van der Waals surface area contributed by atoms with Crippen LogP contribution in [0, 0.1) is 0 Å². The molecule has 0 radical (unpaired) electrons. The number of para-hydroxylation sites is 1. The largest absolute Gasteiger partial charge is 0.341 e. The van der Waals surface area contributed by atoms with Crippen molar-refractivity contribution in [3.63, 3.8) is 0 Å². The predicted octanol–water partition coefficient (Wildman–Crippen LogP) is 5.39. The van der Waals surface area contributed by atoms with Gasteiger partial charge in [-0.05, 0) is 37.1 Å². The Labute approximate surface area is 132 Å². The first-order chi connectivity index (χ1) is 10.8. The lowest BCUT2D eigenvalue weighted by Crippen LogP contribution is -2.10. The van der Waals surface area contributed by atoms with Gasteiger partial charge in [-0.2, -0.15) is 0 Å². The van der Waals surface area contributed by atoms with Crippen LogP contribution in [0.4, 0.5) is 0 Å². The minimum atomic E-state index is 0.152. The highest BCUT2D eigenvalue weighted by Crippen LogP contribution is 2.31. The Kier molecular flexibility index (Phi) is 4.49. The average Bonchev–Trinajstić information content (AvgIpc) is 2.88. The van der Waals surface area contributed by atoms with E-state index >= 15 is 0 Å². The third-order valence-corrected chi connectivity index (χ3v) is 4.66. The molecule has 0 saturated heterocycles. The molecule has 2 aromatic carbocycles. The Hall–Kier alpha value is -1.80. The molecule has 1 atom stereocenters. The number of unbranched alkanes of at least 4 members (excludes halogenated alkanes) is 2. The van der Waals surface area contributed by atoms with Crippen molar-refractivity contribution in [2.24, 2.45) is 5.73 Å². The lowest BCUT2D eigenvalue weighted by atomic mass is 9.99. The number of aryl methyl sites for hydroxylation is 1. The van der Waals surface area contributed by atoms with E-state index < -0.39 is 0 Å². The Morgan fingerprint density at radius 3 is 2.50 bits per heavy atom. The van der Waals surface area contributed by atoms with Crippen molar-refractivity contribution in [3.8, 4) is 0 Å². The summed E-state index contributed by atoms with van der Waals surface area (Å²) in [5.74, 6) is 0. The van der Waals surface area contributed by atoms with E-state index in [-0.39, 0.29) is 6.04 Å². The zero-order valence-corrected chi connectivity index (χ0v) is 13.7. The second-order valence-corrected chi connectivity index (χ2v) is 6.14. The number of nitrogens with two attached hydrogens (primary N) is 1. The van der Waals surface area contributed by atoms with Crippen molar-refractivity contribution in [3.05, 3.63) is 48.0 Å². The smallest absolute Gasteiger partial charge is 0.0491 e. The minimum absolute atomic E-state index is 0.152. The van der Waals surface area contributed by atoms with Gasteiger partial charge in [0.05, 0.1) is 0 Å². The van der Waals surface area contributed by atoms with Crippen LogP contribution in [0.15, 0.2) is 42.5 Å². The van der Waals surface area contributed by atoms with Gasteiger partial charge in [0.2, 0.25) is 0 Å². The number of hydrogen-bond donors (Lipinski definition) is 1. The van der Waals surface area contributed by atoms with Gasteiger partial charge in [-0.25, -0.2) is 0 Å². The quantitative estimate of drug-likeness (QED) is 0.607. The van der Waals surface area contributed by atoms with Crippen LogP contribution in [0.25, 0.3) is 21.8 Å². The molecule has 0 aliphatic heterocycles. The highest BCUT2D eigenvalue weighted by Gasteiger charge is 2.12. The summed E-state index contributed by atoms with van der Waals surface area (Å²) < 4.78 is 2.39. The summed E-state index contributed by atoms with van der Waals surface area (Å²) in [5, 5.41) is 2.67. The maximum Gasteiger partial charge on any atom is 0.0491 e. The normalized spacial score (nSPS) is 13.0. The molecule has 0 aliphatic rings. The summed E-state index contributed by atoms with van der Waals surface area (Å²) in [6, 6.07) is 15.6. The van der Waals surface area contributed by atoms with Crippen LogP contribution in [0.2, 0.25) is 0 Å². The number of fused-ring (bicyclic) bond motifs is 3. The zero-order chi connectivity index (χ0) is 15.5. The van der Waals surface area contributed by atoms with Gasteiger partial charge in [-0.15, -0.1) is 0 Å². The van der Waals surface area contributed by atoms with E-state index in [0.717, 1.165) is 13.0 Å². The Balaban J connectivity index is 2.04. The molecule has 0 spiro atoms. The molecule has 3 rings (SSSR count). The molecule has 2 nitrogen and oxygen atoms in total. The summed E-state index contributed by atoms with van der Waals surface area (Å²) in [7, 11) is 0. The topological polar surface area (TPSA) is 30.9 Å². The van der Waals surface area contributed by atoms with Crippen molar-refractivity contribution >= 4 is 21.8 Å². The van der Waals surface area contributed by atoms with Gasteiger partial charge in [0, 0.05) is 34.4 Å². The maximum absolute atomic E-state index is 6.40. The average molecular weight is 294 g/mol. The van der Waals surface area contributed by atoms with E-state index in [0.29, 0.717) is 0 Å². The second-order valence-electron chi connectivity index (χ2n) is 6.14. The number of rotatable bonds is 6. The van der Waals surface area contributed by atoms with Crippen molar-refractivity contribution in [1.29, 1.82) is 0 Å². The Morgan fingerprint density at radius 1 is 0.955 bits per heavy atom. The molecule has 22 heavy (non-hydrogen) atoms. The number of aromatic nitrogens is 1. The third-order valence-electron chi connectivity index (χ3n) is 4.66. The molecule has 0 aliphatic carbocycles. The molecule has 3 aromatic rings. The van der Waals surface area contributed by atoms with E-state index in [2.05, 4.69) is 60.9 Å². The minimum Gasteiger partial charge on any atom is -0.341 e. The van der Waals surface area contributed by atoms with E-state index in [1.807, 2.05) is 0 Å². The van der Waals surface area contributed by atoms with Crippen LogP contribution in [0.5, 0.6) is 0 Å². The maximum atomic E-state index is 6.40. The highest BCUT2D eigenvalue weighted by molar-refractivity contribution is 6.08. The van der Waals surface area contributed by atoms with E-state index in [9.17, 15) is 0 Å². The molecule has 2 heteroatoms. The zero-order valence-electron chi connectivity index (χ0n) is 13.7. The monoisotopic (exact) mass is 294 g/mol. The van der Waals surface area contributed by atoms with Crippen molar-refractivity contribution < 1.29 is 0 Å². The second kappa shape index (κ2) is 6.53. The summed E-state index contributed by atoms with van der Waals surface area (Å²) in [6.45, 7) is 5.43. The van der Waals surface area contributed by atoms with Gasteiger partial charge in [0.15, 0.2) is 0 Å². The van der Waals surface area contributed by atoms with Gasteiger partial charge in [-0.3, -0.25) is 0 Å². The summed E-state index contributed by atoms with van der Waals surface area (Å²) in [4.78, 5) is 0. The van der Waals surface area contributed by atoms with E-state index in [4.69, 9.17) is 5.73 Å². The fraction of sp³-hybridized carbons (Fsp3) is 0.400. The molecular formula is C20H26N2. The number of benzene rings is 2. The fourth-order valence-electron chi connectivity index (χ4n) is 3.42. The molecule has 0 saturated carbocycles. The van der Waals surface area contributed by atoms with E-state index in [1.165, 1.54) is 46.6 Å². The Morgan fingerprint density at radius 2 is 1.73 bits per heavy atom. The van der Waals surface area contributed by atoms with Crippen LogP contribution >= 0.6 is 0 Å². The molecular weight excluding hydrogens is 268 g/mol. The molecule has 0 unspecified atom stereocenters. The molecule has 116 valence electrons. The van der Waals surface area contributed by atoms with Crippen LogP contribution < -0.4 is 5.73 Å². The van der Waals surface area contributed by atoms with Crippen LogP contribution in [0.3, 0.4) is 0 Å². The number of nitrogens with zero attached hydrogens (tertiary/aromatic N) is 1. The first-order valence-electron chi connectivity index (χ1n) is 8.52. The SMILES string of the molecule is CCCCC[C@H](N)c1ccc2c(c1)c1ccccc1n2CC. The van der Waals surface area contributed by atoms with Crippen LogP contribution in [-0.2, 0) is 6.54 Å². The third kappa shape index (κ3) is 2.64. The molecule has 0 amide bonds.